The van der Waals surface area contributed by atoms with Crippen molar-refractivity contribution in [3.05, 3.63) is 69.1 Å². The Morgan fingerprint density at radius 1 is 1.16 bits per heavy atom. The molecule has 3 heterocycles. The molecule has 0 bridgehead atoms. The highest BCUT2D eigenvalue weighted by Crippen LogP contribution is 2.35. The number of morpholine rings is 1. The second-order valence-corrected chi connectivity index (χ2v) is 8.31. The van der Waals surface area contributed by atoms with Gasteiger partial charge in [0.25, 0.3) is 0 Å². The first-order valence-electron chi connectivity index (χ1n) is 9.75. The number of fused-ring (bicyclic) bond motifs is 1. The predicted molar refractivity (Wildman–Crippen MR) is 115 cm³/mol. The Morgan fingerprint density at radius 2 is 1.87 bits per heavy atom. The van der Waals surface area contributed by atoms with E-state index in [1.807, 2.05) is 15.5 Å². The molecule has 0 N–H and O–H groups in total. The van der Waals surface area contributed by atoms with Gasteiger partial charge in [0.1, 0.15) is 5.69 Å². The van der Waals surface area contributed by atoms with Gasteiger partial charge in [0.05, 0.1) is 42.5 Å². The van der Waals surface area contributed by atoms with Crippen molar-refractivity contribution in [2.24, 2.45) is 0 Å². The van der Waals surface area contributed by atoms with Crippen molar-refractivity contribution < 1.29 is 17.9 Å². The highest BCUT2D eigenvalue weighted by Gasteiger charge is 2.33. The maximum absolute atomic E-state index is 13.2. The molecular formula is C22H20Cl2F3N3O. The van der Waals surface area contributed by atoms with Gasteiger partial charge < -0.3 is 9.30 Å². The zero-order valence-electron chi connectivity index (χ0n) is 17.0. The van der Waals surface area contributed by atoms with E-state index in [-0.39, 0.29) is 0 Å². The van der Waals surface area contributed by atoms with Crippen LogP contribution in [0.5, 0.6) is 0 Å². The van der Waals surface area contributed by atoms with Gasteiger partial charge in [0.2, 0.25) is 0 Å². The number of rotatable bonds is 4. The number of alkyl halides is 3. The van der Waals surface area contributed by atoms with Gasteiger partial charge in [-0.15, -0.1) is 0 Å². The van der Waals surface area contributed by atoms with Crippen molar-refractivity contribution in [3.8, 4) is 0 Å². The fourth-order valence-electron chi connectivity index (χ4n) is 3.81. The standard InChI is InChI=1S/C22H20Cl2F3N3O/c1-13-10-30(21-14(2)28-19(9-16(13)21)22(25,26)27)12-17-18(23)4-3-15(20(17)24)11-29-5-7-31-8-6-29/h3-4,9-10H,5-8,12H2,1-2H3. The van der Waals surface area contributed by atoms with Crippen LogP contribution in [-0.4, -0.2) is 40.8 Å². The molecule has 0 spiro atoms. The molecule has 1 fully saturated rings. The second-order valence-electron chi connectivity index (χ2n) is 7.53. The molecule has 31 heavy (non-hydrogen) atoms. The Bertz CT molecular complexity index is 1120. The number of hydrogen-bond donors (Lipinski definition) is 0. The zero-order chi connectivity index (χ0) is 22.3. The summed E-state index contributed by atoms with van der Waals surface area (Å²) >= 11 is 13.1. The van der Waals surface area contributed by atoms with Crippen LogP contribution in [0.15, 0.2) is 24.4 Å². The molecular weight excluding hydrogens is 450 g/mol. The van der Waals surface area contributed by atoms with Crippen LogP contribution in [0.25, 0.3) is 10.9 Å². The largest absolute Gasteiger partial charge is 0.433 e. The summed E-state index contributed by atoms with van der Waals surface area (Å²) in [6.07, 6.45) is -2.70. The van der Waals surface area contributed by atoms with E-state index in [9.17, 15) is 13.2 Å². The number of aromatic nitrogens is 2. The first kappa shape index (κ1) is 22.4. The summed E-state index contributed by atoms with van der Waals surface area (Å²) < 4.78 is 46.8. The summed E-state index contributed by atoms with van der Waals surface area (Å²) in [7, 11) is 0. The molecule has 9 heteroatoms. The van der Waals surface area contributed by atoms with Gasteiger partial charge in [-0.05, 0) is 37.1 Å². The zero-order valence-corrected chi connectivity index (χ0v) is 18.5. The van der Waals surface area contributed by atoms with Crippen LogP contribution in [0.3, 0.4) is 0 Å². The van der Waals surface area contributed by atoms with E-state index in [1.54, 1.807) is 26.1 Å². The van der Waals surface area contributed by atoms with Crippen LogP contribution >= 0.6 is 23.2 Å². The molecule has 0 atom stereocenters. The van der Waals surface area contributed by atoms with Crippen molar-refractivity contribution in [1.82, 2.24) is 14.5 Å². The molecule has 2 aromatic heterocycles. The SMILES string of the molecule is Cc1cn(Cc2c(Cl)ccc([C]N3CCOCC3)c2Cl)c2c(C)nc(C(F)(F)F)cc12. The maximum atomic E-state index is 13.2. The first-order chi connectivity index (χ1) is 14.6. The monoisotopic (exact) mass is 469 g/mol. The third kappa shape index (κ3) is 4.55. The van der Waals surface area contributed by atoms with Crippen LogP contribution in [0.4, 0.5) is 13.2 Å². The van der Waals surface area contributed by atoms with E-state index in [0.717, 1.165) is 24.7 Å². The summed E-state index contributed by atoms with van der Waals surface area (Å²) in [5, 5.41) is 1.46. The number of benzene rings is 1. The molecule has 1 aliphatic heterocycles. The first-order valence-corrected chi connectivity index (χ1v) is 10.5. The summed E-state index contributed by atoms with van der Waals surface area (Å²) in [4.78, 5) is 5.80. The highest BCUT2D eigenvalue weighted by atomic mass is 35.5. The van der Waals surface area contributed by atoms with Crippen molar-refractivity contribution in [1.29, 1.82) is 0 Å². The molecule has 4 rings (SSSR count). The molecule has 1 aromatic carbocycles. The van der Waals surface area contributed by atoms with Crippen LogP contribution in [0, 0.1) is 20.4 Å². The average molecular weight is 470 g/mol. The number of ether oxygens (including phenoxy) is 1. The van der Waals surface area contributed by atoms with Crippen molar-refractivity contribution in [2.45, 2.75) is 26.6 Å². The van der Waals surface area contributed by atoms with Crippen LogP contribution in [-0.2, 0) is 17.5 Å². The fourth-order valence-corrected chi connectivity index (χ4v) is 4.34. The molecule has 0 amide bonds. The Morgan fingerprint density at radius 3 is 2.55 bits per heavy atom. The molecule has 0 saturated carbocycles. The number of nitrogens with zero attached hydrogens (tertiary/aromatic N) is 3. The molecule has 2 radical (unpaired) electrons. The van der Waals surface area contributed by atoms with Crippen molar-refractivity contribution >= 4 is 34.1 Å². The Hall–Kier alpha value is -1.80. The van der Waals surface area contributed by atoms with Gasteiger partial charge in [-0.25, -0.2) is 4.98 Å². The number of hydrogen-bond acceptors (Lipinski definition) is 3. The quantitative estimate of drug-likeness (QED) is 0.487. The topological polar surface area (TPSA) is 30.3 Å². The number of aryl methyl sites for hydroxylation is 2. The predicted octanol–water partition coefficient (Wildman–Crippen LogP) is 5.75. The normalized spacial score (nSPS) is 15.7. The lowest BCUT2D eigenvalue weighted by Crippen LogP contribution is -2.34. The van der Waals surface area contributed by atoms with Gasteiger partial charge in [0.15, 0.2) is 0 Å². The minimum atomic E-state index is -4.50. The second kappa shape index (κ2) is 8.62. The van der Waals surface area contributed by atoms with E-state index < -0.39 is 11.9 Å². The smallest absolute Gasteiger partial charge is 0.379 e. The van der Waals surface area contributed by atoms with E-state index >= 15 is 0 Å². The van der Waals surface area contributed by atoms with E-state index in [4.69, 9.17) is 27.9 Å². The Balaban J connectivity index is 1.71. The molecule has 3 aromatic rings. The number of pyridine rings is 1. The van der Waals surface area contributed by atoms with Crippen LogP contribution in [0.2, 0.25) is 10.0 Å². The summed E-state index contributed by atoms with van der Waals surface area (Å²) in [6, 6.07) is 4.66. The lowest BCUT2D eigenvalue weighted by Gasteiger charge is -2.26. The molecule has 4 nitrogen and oxygen atoms in total. The van der Waals surface area contributed by atoms with Gasteiger partial charge in [-0.3, -0.25) is 4.90 Å². The third-order valence-electron chi connectivity index (χ3n) is 5.32. The molecule has 0 unspecified atom stereocenters. The third-order valence-corrected chi connectivity index (χ3v) is 6.11. The van der Waals surface area contributed by atoms with Crippen molar-refractivity contribution in [2.75, 3.05) is 26.3 Å². The highest BCUT2D eigenvalue weighted by molar-refractivity contribution is 6.36. The molecule has 164 valence electrons. The van der Waals surface area contributed by atoms with Crippen LogP contribution in [0.1, 0.15) is 28.1 Å². The molecule has 0 aliphatic carbocycles. The fraction of sp³-hybridized carbons (Fsp3) is 0.364. The molecule has 1 saturated heterocycles. The minimum absolute atomic E-state index is 0.299. The average Bonchev–Trinajstić information content (AvgIpc) is 3.03. The lowest BCUT2D eigenvalue weighted by molar-refractivity contribution is -0.141. The summed E-state index contributed by atoms with van der Waals surface area (Å²) in [6.45, 7) is 9.66. The summed E-state index contributed by atoms with van der Waals surface area (Å²) in [5.74, 6) is 0. The molecule has 1 aliphatic rings. The lowest BCUT2D eigenvalue weighted by atomic mass is 10.1. The van der Waals surface area contributed by atoms with Gasteiger partial charge in [0, 0.05) is 35.3 Å². The summed E-state index contributed by atoms with van der Waals surface area (Å²) in [5.41, 5.74) is 2.15. The maximum Gasteiger partial charge on any atom is 0.433 e. The Labute approximate surface area is 188 Å². The minimum Gasteiger partial charge on any atom is -0.379 e. The van der Waals surface area contributed by atoms with E-state index in [0.29, 0.717) is 57.5 Å². The Kier molecular flexibility index (Phi) is 6.23. The van der Waals surface area contributed by atoms with Gasteiger partial charge in [-0.1, -0.05) is 29.3 Å². The van der Waals surface area contributed by atoms with Gasteiger partial charge in [-0.2, -0.15) is 13.2 Å². The van der Waals surface area contributed by atoms with E-state index in [2.05, 4.69) is 11.5 Å². The van der Waals surface area contributed by atoms with Crippen molar-refractivity contribution in [3.63, 3.8) is 0 Å². The van der Waals surface area contributed by atoms with Crippen LogP contribution < -0.4 is 0 Å². The van der Waals surface area contributed by atoms with E-state index in [1.165, 1.54) is 0 Å². The number of halogens is 5. The van der Waals surface area contributed by atoms with Gasteiger partial charge >= 0.3 is 6.18 Å².